The Morgan fingerprint density at radius 1 is 0.800 bits per heavy atom. The molecule has 0 bridgehead atoms. The zero-order valence-electron chi connectivity index (χ0n) is 17.4. The summed E-state index contributed by atoms with van der Waals surface area (Å²) in [7, 11) is 0. The van der Waals surface area contributed by atoms with Crippen LogP contribution in [0.25, 0.3) is 0 Å². The van der Waals surface area contributed by atoms with E-state index in [-0.39, 0.29) is 6.10 Å². The molecule has 0 spiro atoms. The highest BCUT2D eigenvalue weighted by Gasteiger charge is 2.38. The third-order valence-corrected chi connectivity index (χ3v) is 5.66. The van der Waals surface area contributed by atoms with E-state index in [1.54, 1.807) is 0 Å². The number of nitrogens with zero attached hydrogens (tertiary/aromatic N) is 2. The number of benzene rings is 3. The summed E-state index contributed by atoms with van der Waals surface area (Å²) in [6.45, 7) is 2.09. The van der Waals surface area contributed by atoms with E-state index in [0.29, 0.717) is 6.42 Å². The number of aromatic nitrogens is 2. The van der Waals surface area contributed by atoms with E-state index < -0.39 is 5.54 Å². The second-order valence-corrected chi connectivity index (χ2v) is 7.73. The molecule has 3 nitrogen and oxygen atoms in total. The molecular formula is C27H28N2O. The smallest absolute Gasteiger partial charge is 0.121 e. The molecule has 152 valence electrons. The molecule has 3 heteroatoms. The summed E-state index contributed by atoms with van der Waals surface area (Å²) in [5, 5.41) is 10.3. The van der Waals surface area contributed by atoms with Gasteiger partial charge < -0.3 is 9.67 Å². The zero-order valence-corrected chi connectivity index (χ0v) is 17.4. The summed E-state index contributed by atoms with van der Waals surface area (Å²) in [5.41, 5.74) is 3.86. The van der Waals surface area contributed by atoms with Gasteiger partial charge in [0.15, 0.2) is 0 Å². The number of rotatable bonds is 8. The van der Waals surface area contributed by atoms with Gasteiger partial charge in [-0.2, -0.15) is 0 Å². The van der Waals surface area contributed by atoms with Crippen LogP contribution in [0.5, 0.6) is 0 Å². The lowest BCUT2D eigenvalue weighted by molar-refractivity contribution is 0.163. The van der Waals surface area contributed by atoms with Gasteiger partial charge in [0.25, 0.3) is 0 Å². The van der Waals surface area contributed by atoms with Crippen LogP contribution < -0.4 is 0 Å². The molecule has 0 amide bonds. The minimum absolute atomic E-state index is 0.363. The highest BCUT2D eigenvalue weighted by atomic mass is 16.3. The Morgan fingerprint density at radius 2 is 1.27 bits per heavy atom. The van der Waals surface area contributed by atoms with Gasteiger partial charge in [-0.25, -0.2) is 4.98 Å². The first-order valence-electron chi connectivity index (χ1n) is 10.6. The Labute approximate surface area is 178 Å². The molecule has 0 radical (unpaired) electrons. The first-order valence-corrected chi connectivity index (χ1v) is 10.6. The molecule has 0 aliphatic rings. The Morgan fingerprint density at radius 3 is 1.70 bits per heavy atom. The topological polar surface area (TPSA) is 38.0 Å². The monoisotopic (exact) mass is 396 g/mol. The third-order valence-electron chi connectivity index (χ3n) is 5.66. The molecule has 0 saturated carbocycles. The molecule has 1 aromatic heterocycles. The fraction of sp³-hybridized carbons (Fsp3) is 0.222. The number of hydrogen-bond donors (Lipinski definition) is 1. The molecule has 1 unspecified atom stereocenters. The van der Waals surface area contributed by atoms with E-state index in [0.717, 1.165) is 18.5 Å². The van der Waals surface area contributed by atoms with Crippen molar-refractivity contribution in [2.45, 2.75) is 37.8 Å². The molecule has 30 heavy (non-hydrogen) atoms. The van der Waals surface area contributed by atoms with Crippen molar-refractivity contribution in [2.75, 3.05) is 0 Å². The SMILES string of the molecule is CCCC(O)Cc1cn(C(c2ccccc2)(c2ccccc2)c2ccccc2)cn1. The largest absolute Gasteiger partial charge is 0.393 e. The fourth-order valence-electron chi connectivity index (χ4n) is 4.31. The molecule has 0 fully saturated rings. The van der Waals surface area contributed by atoms with Crippen LogP contribution in [0, 0.1) is 0 Å². The van der Waals surface area contributed by atoms with E-state index in [1.807, 2.05) is 24.5 Å². The van der Waals surface area contributed by atoms with Crippen LogP contribution in [-0.4, -0.2) is 20.8 Å². The van der Waals surface area contributed by atoms with Crippen molar-refractivity contribution >= 4 is 0 Å². The van der Waals surface area contributed by atoms with Crippen LogP contribution in [0.2, 0.25) is 0 Å². The average Bonchev–Trinajstić information content (AvgIpc) is 3.25. The minimum Gasteiger partial charge on any atom is -0.393 e. The average molecular weight is 397 g/mol. The molecule has 1 heterocycles. The van der Waals surface area contributed by atoms with Gasteiger partial charge >= 0.3 is 0 Å². The van der Waals surface area contributed by atoms with Crippen LogP contribution in [0.3, 0.4) is 0 Å². The van der Waals surface area contributed by atoms with Crippen LogP contribution in [0.4, 0.5) is 0 Å². The van der Waals surface area contributed by atoms with Crippen molar-refractivity contribution in [3.63, 3.8) is 0 Å². The maximum Gasteiger partial charge on any atom is 0.121 e. The molecular weight excluding hydrogens is 368 g/mol. The Balaban J connectivity index is 1.93. The molecule has 0 aliphatic carbocycles. The number of hydrogen-bond acceptors (Lipinski definition) is 2. The second-order valence-electron chi connectivity index (χ2n) is 7.73. The fourth-order valence-corrected chi connectivity index (χ4v) is 4.31. The van der Waals surface area contributed by atoms with E-state index in [2.05, 4.69) is 95.5 Å². The molecule has 0 aliphatic heterocycles. The van der Waals surface area contributed by atoms with Gasteiger partial charge in [0, 0.05) is 12.6 Å². The molecule has 0 saturated heterocycles. The van der Waals surface area contributed by atoms with E-state index in [4.69, 9.17) is 0 Å². The van der Waals surface area contributed by atoms with Crippen molar-refractivity contribution in [1.82, 2.24) is 9.55 Å². The lowest BCUT2D eigenvalue weighted by atomic mass is 9.77. The number of imidazole rings is 1. The third kappa shape index (κ3) is 3.81. The number of aliphatic hydroxyl groups is 1. The van der Waals surface area contributed by atoms with Gasteiger partial charge in [0.05, 0.1) is 18.1 Å². The van der Waals surface area contributed by atoms with Crippen molar-refractivity contribution in [1.29, 1.82) is 0 Å². The summed E-state index contributed by atoms with van der Waals surface area (Å²) in [4.78, 5) is 4.68. The molecule has 4 aromatic rings. The van der Waals surface area contributed by atoms with E-state index in [1.165, 1.54) is 16.7 Å². The predicted molar refractivity (Wildman–Crippen MR) is 121 cm³/mol. The van der Waals surface area contributed by atoms with E-state index in [9.17, 15) is 5.11 Å². The van der Waals surface area contributed by atoms with Crippen molar-refractivity contribution in [3.8, 4) is 0 Å². The Kier molecular flexibility index (Phi) is 6.10. The molecule has 4 rings (SSSR count). The molecule has 1 atom stereocenters. The first kappa shape index (κ1) is 20.1. The van der Waals surface area contributed by atoms with Gasteiger partial charge in [-0.15, -0.1) is 0 Å². The van der Waals surface area contributed by atoms with Gasteiger partial charge in [-0.1, -0.05) is 104 Å². The summed E-state index contributed by atoms with van der Waals surface area (Å²) < 4.78 is 2.20. The Bertz CT molecular complexity index is 945. The second kappa shape index (κ2) is 9.10. The standard InChI is InChI=1S/C27H28N2O/c1-2-12-26(30)19-25-20-29(21-28-25)27(22-13-6-3-7-14-22,23-15-8-4-9-16-23)24-17-10-5-11-18-24/h3-11,13-18,20-21,26,30H,2,12,19H2,1H3. The van der Waals surface area contributed by atoms with Gasteiger partial charge in [0.1, 0.15) is 5.54 Å². The van der Waals surface area contributed by atoms with Gasteiger partial charge in [-0.3, -0.25) is 0 Å². The van der Waals surface area contributed by atoms with Crippen molar-refractivity contribution in [3.05, 3.63) is 126 Å². The maximum absolute atomic E-state index is 10.3. The summed E-state index contributed by atoms with van der Waals surface area (Å²) in [5.74, 6) is 0. The molecule has 3 aromatic carbocycles. The highest BCUT2D eigenvalue weighted by molar-refractivity contribution is 5.50. The van der Waals surface area contributed by atoms with Crippen LogP contribution in [0.15, 0.2) is 104 Å². The maximum atomic E-state index is 10.3. The number of aliphatic hydroxyl groups excluding tert-OH is 1. The summed E-state index contributed by atoms with van der Waals surface area (Å²) in [6.07, 6.45) is 5.94. The van der Waals surface area contributed by atoms with Crippen LogP contribution >= 0.6 is 0 Å². The lowest BCUT2D eigenvalue weighted by Crippen LogP contribution is -2.37. The van der Waals surface area contributed by atoms with Gasteiger partial charge in [0.2, 0.25) is 0 Å². The highest BCUT2D eigenvalue weighted by Crippen LogP contribution is 2.40. The van der Waals surface area contributed by atoms with E-state index >= 15 is 0 Å². The quantitative estimate of drug-likeness (QED) is 0.404. The van der Waals surface area contributed by atoms with Gasteiger partial charge in [-0.05, 0) is 23.1 Å². The zero-order chi connectivity index (χ0) is 20.8. The normalized spacial score (nSPS) is 12.6. The summed E-state index contributed by atoms with van der Waals surface area (Å²) >= 11 is 0. The minimum atomic E-state index is -0.551. The van der Waals surface area contributed by atoms with Crippen LogP contribution in [-0.2, 0) is 12.0 Å². The predicted octanol–water partition coefficient (Wildman–Crippen LogP) is 5.43. The van der Waals surface area contributed by atoms with Crippen molar-refractivity contribution in [2.24, 2.45) is 0 Å². The molecule has 1 N–H and O–H groups in total. The first-order chi connectivity index (χ1) is 14.7. The Hall–Kier alpha value is -3.17. The lowest BCUT2D eigenvalue weighted by Gasteiger charge is -2.37. The summed E-state index contributed by atoms with van der Waals surface area (Å²) in [6, 6.07) is 31.7. The van der Waals surface area contributed by atoms with Crippen LogP contribution in [0.1, 0.15) is 42.1 Å². The van der Waals surface area contributed by atoms with Crippen molar-refractivity contribution < 1.29 is 5.11 Å².